The summed E-state index contributed by atoms with van der Waals surface area (Å²) in [6.45, 7) is 5.02. The Morgan fingerprint density at radius 2 is 1.86 bits per heavy atom. The van der Waals surface area contributed by atoms with Gasteiger partial charge in [0.15, 0.2) is 0 Å². The van der Waals surface area contributed by atoms with Gasteiger partial charge in [0.25, 0.3) is 5.91 Å². The summed E-state index contributed by atoms with van der Waals surface area (Å²) in [7, 11) is -3.05. The van der Waals surface area contributed by atoms with Crippen LogP contribution in [0.25, 0.3) is 27.9 Å². The molecule has 2 saturated heterocycles. The van der Waals surface area contributed by atoms with Crippen LogP contribution in [0.4, 0.5) is 10.2 Å². The van der Waals surface area contributed by atoms with Gasteiger partial charge in [0.05, 0.1) is 16.5 Å². The Morgan fingerprint density at radius 1 is 1.09 bits per heavy atom. The molecule has 228 valence electrons. The van der Waals surface area contributed by atoms with E-state index in [2.05, 4.69) is 21.6 Å². The maximum absolute atomic E-state index is 15.6. The molecule has 3 fully saturated rings. The summed E-state index contributed by atoms with van der Waals surface area (Å²) < 4.78 is 43.4. The number of anilines is 1. The van der Waals surface area contributed by atoms with Crippen molar-refractivity contribution in [3.05, 3.63) is 47.4 Å². The van der Waals surface area contributed by atoms with Crippen molar-refractivity contribution in [1.82, 2.24) is 24.1 Å². The van der Waals surface area contributed by atoms with Crippen molar-refractivity contribution >= 4 is 38.1 Å². The number of nitrogens with zero attached hydrogens (tertiary/aromatic N) is 6. The number of hydrogen-bond donors (Lipinski definition) is 1. The number of halogens is 1. The predicted octanol–water partition coefficient (Wildman–Crippen LogP) is 3.79. The van der Waals surface area contributed by atoms with Crippen LogP contribution in [-0.2, 0) is 16.4 Å². The molecule has 4 aromatic heterocycles. The fourth-order valence-electron chi connectivity index (χ4n) is 6.76. The fraction of sp³-hybridized carbons (Fsp3) is 0.516. The number of nitrogens with two attached hydrogens (primary N) is 1. The van der Waals surface area contributed by atoms with E-state index in [0.717, 1.165) is 54.8 Å². The van der Waals surface area contributed by atoms with Gasteiger partial charge in [0, 0.05) is 62.2 Å². The van der Waals surface area contributed by atoms with E-state index in [0.29, 0.717) is 61.7 Å². The highest BCUT2D eigenvalue weighted by molar-refractivity contribution is 7.91. The maximum Gasteiger partial charge on any atom is 0.255 e. The number of aryl methyl sites for hydroxylation is 1. The molecule has 0 unspecified atom stereocenters. The van der Waals surface area contributed by atoms with Crippen molar-refractivity contribution in [2.45, 2.75) is 63.3 Å². The van der Waals surface area contributed by atoms with Gasteiger partial charge in [0.2, 0.25) is 0 Å². The standard InChI is InChI=1S/C31H38FN7O3S/c1-19-28(35-39-17-22(14-25(32)29(19)39)31(40)37-11-3-4-23(33)18-37)26-15-21-7-8-27(34-30(21)38(26)16-20-5-6-20)36-12-9-24(10-13-36)43(2,41)42/h7-8,14-15,17,20,23-24H,3-6,9-13,16,18,33H2,1-2H3/t23-/m1/s1. The third kappa shape index (κ3) is 5.28. The van der Waals surface area contributed by atoms with E-state index in [-0.39, 0.29) is 22.8 Å². The summed E-state index contributed by atoms with van der Waals surface area (Å²) >= 11 is 0. The molecule has 43 heavy (non-hydrogen) atoms. The van der Waals surface area contributed by atoms with Crippen LogP contribution < -0.4 is 10.6 Å². The summed E-state index contributed by atoms with van der Waals surface area (Å²) in [5.41, 5.74) is 9.80. The Balaban J connectivity index is 1.26. The van der Waals surface area contributed by atoms with Crippen molar-refractivity contribution in [3.8, 4) is 11.4 Å². The van der Waals surface area contributed by atoms with Crippen molar-refractivity contribution in [2.75, 3.05) is 37.3 Å². The second kappa shape index (κ2) is 10.6. The van der Waals surface area contributed by atoms with E-state index in [4.69, 9.17) is 15.8 Å². The highest BCUT2D eigenvalue weighted by Crippen LogP contribution is 2.38. The van der Waals surface area contributed by atoms with Gasteiger partial charge in [-0.25, -0.2) is 22.3 Å². The molecule has 7 rings (SSSR count). The first kappa shape index (κ1) is 28.3. The molecule has 1 saturated carbocycles. The minimum Gasteiger partial charge on any atom is -0.356 e. The Kier molecular flexibility index (Phi) is 6.96. The SMILES string of the molecule is Cc1c(-c2cc3ccc(N4CCC(S(C)(=O)=O)CC4)nc3n2CC2CC2)nn2cc(C(=O)N3CCC[C@@H](N)C3)cc(F)c12. The number of sulfone groups is 1. The van der Waals surface area contributed by atoms with Crippen LogP contribution >= 0.6 is 0 Å². The molecule has 0 spiro atoms. The van der Waals surface area contributed by atoms with Gasteiger partial charge >= 0.3 is 0 Å². The molecule has 1 aliphatic carbocycles. The first-order chi connectivity index (χ1) is 20.6. The van der Waals surface area contributed by atoms with Crippen LogP contribution in [0.3, 0.4) is 0 Å². The van der Waals surface area contributed by atoms with Gasteiger partial charge in [-0.05, 0) is 75.6 Å². The molecule has 2 aliphatic heterocycles. The molecular formula is C31H38FN7O3S. The number of piperidine rings is 2. The Morgan fingerprint density at radius 3 is 2.56 bits per heavy atom. The highest BCUT2D eigenvalue weighted by Gasteiger charge is 2.30. The van der Waals surface area contributed by atoms with Gasteiger partial charge in [0.1, 0.15) is 38.3 Å². The molecule has 0 radical (unpaired) electrons. The molecule has 0 aromatic carbocycles. The largest absolute Gasteiger partial charge is 0.356 e. The van der Waals surface area contributed by atoms with Gasteiger partial charge < -0.3 is 20.1 Å². The zero-order valence-corrected chi connectivity index (χ0v) is 25.5. The number of hydrogen-bond acceptors (Lipinski definition) is 7. The zero-order valence-electron chi connectivity index (χ0n) is 24.7. The van der Waals surface area contributed by atoms with E-state index < -0.39 is 15.7 Å². The summed E-state index contributed by atoms with van der Waals surface area (Å²) in [6.07, 6.45) is 8.16. The number of aromatic nitrogens is 4. The van der Waals surface area contributed by atoms with Crippen LogP contribution in [0, 0.1) is 18.7 Å². The lowest BCUT2D eigenvalue weighted by atomic mass is 10.1. The van der Waals surface area contributed by atoms with E-state index in [1.165, 1.54) is 16.8 Å². The second-order valence-corrected chi connectivity index (χ2v) is 15.0. The molecule has 12 heteroatoms. The predicted molar refractivity (Wildman–Crippen MR) is 165 cm³/mol. The summed E-state index contributed by atoms with van der Waals surface area (Å²) in [4.78, 5) is 22.2. The van der Waals surface area contributed by atoms with E-state index in [1.807, 2.05) is 13.0 Å². The monoisotopic (exact) mass is 607 g/mol. The zero-order chi connectivity index (χ0) is 30.0. The minimum absolute atomic E-state index is 0.0633. The molecule has 3 aliphatic rings. The molecule has 2 N–H and O–H groups in total. The average molecular weight is 608 g/mol. The van der Waals surface area contributed by atoms with Crippen LogP contribution in [0.5, 0.6) is 0 Å². The van der Waals surface area contributed by atoms with E-state index in [9.17, 15) is 13.2 Å². The number of rotatable bonds is 6. The highest BCUT2D eigenvalue weighted by atomic mass is 32.2. The molecule has 10 nitrogen and oxygen atoms in total. The van der Waals surface area contributed by atoms with Gasteiger partial charge in [-0.2, -0.15) is 5.10 Å². The summed E-state index contributed by atoms with van der Waals surface area (Å²) in [6, 6.07) is 7.37. The number of likely N-dealkylation sites (tertiary alicyclic amines) is 1. The minimum atomic E-state index is -3.05. The molecular weight excluding hydrogens is 569 g/mol. The third-order valence-electron chi connectivity index (χ3n) is 9.39. The van der Waals surface area contributed by atoms with Gasteiger partial charge in [-0.15, -0.1) is 0 Å². The fourth-order valence-corrected chi connectivity index (χ4v) is 7.82. The number of pyridine rings is 2. The van der Waals surface area contributed by atoms with Crippen LogP contribution in [0.1, 0.15) is 54.4 Å². The molecule has 6 heterocycles. The number of amides is 1. The first-order valence-corrected chi connectivity index (χ1v) is 17.2. The van der Waals surface area contributed by atoms with Crippen molar-refractivity contribution in [2.24, 2.45) is 11.7 Å². The molecule has 4 aromatic rings. The summed E-state index contributed by atoms with van der Waals surface area (Å²) in [5, 5.41) is 5.51. The number of carbonyl (C=O) groups excluding carboxylic acids is 1. The number of carbonyl (C=O) groups is 1. The summed E-state index contributed by atoms with van der Waals surface area (Å²) in [5.74, 6) is 0.677. The van der Waals surface area contributed by atoms with Crippen LogP contribution in [-0.4, -0.2) is 82.1 Å². The Hall–Kier alpha value is -3.51. The smallest absolute Gasteiger partial charge is 0.255 e. The van der Waals surface area contributed by atoms with Crippen molar-refractivity contribution in [3.63, 3.8) is 0 Å². The Bertz CT molecular complexity index is 1840. The average Bonchev–Trinajstić information content (AvgIpc) is 3.65. The molecule has 0 bridgehead atoms. The third-order valence-corrected chi connectivity index (χ3v) is 11.1. The lowest BCUT2D eigenvalue weighted by Gasteiger charge is -2.32. The first-order valence-electron chi connectivity index (χ1n) is 15.2. The van der Waals surface area contributed by atoms with E-state index >= 15 is 4.39 Å². The molecule has 1 atom stereocenters. The van der Waals surface area contributed by atoms with E-state index in [1.54, 1.807) is 11.1 Å². The van der Waals surface area contributed by atoms with Crippen LogP contribution in [0.15, 0.2) is 30.5 Å². The molecule has 1 amide bonds. The van der Waals surface area contributed by atoms with Crippen molar-refractivity contribution in [1.29, 1.82) is 0 Å². The second-order valence-electron chi connectivity index (χ2n) is 12.7. The van der Waals surface area contributed by atoms with Gasteiger partial charge in [-0.1, -0.05) is 0 Å². The quantitative estimate of drug-likeness (QED) is 0.354. The lowest BCUT2D eigenvalue weighted by Crippen LogP contribution is -2.45. The van der Waals surface area contributed by atoms with Crippen LogP contribution in [0.2, 0.25) is 0 Å². The normalized spacial score (nSPS) is 20.4. The van der Waals surface area contributed by atoms with Crippen molar-refractivity contribution < 1.29 is 17.6 Å². The Labute approximate surface area is 250 Å². The topological polar surface area (TPSA) is 119 Å². The number of fused-ring (bicyclic) bond motifs is 2. The van der Waals surface area contributed by atoms with Gasteiger partial charge in [-0.3, -0.25) is 4.79 Å². The maximum atomic E-state index is 15.6. The lowest BCUT2D eigenvalue weighted by molar-refractivity contribution is 0.0707.